The van der Waals surface area contributed by atoms with Crippen LogP contribution in [0.1, 0.15) is 5.56 Å². The highest BCUT2D eigenvalue weighted by Crippen LogP contribution is 2.39. The molecule has 0 aliphatic rings. The number of hydrogen-bond acceptors (Lipinski definition) is 6. The third-order valence-corrected chi connectivity index (χ3v) is 6.27. The van der Waals surface area contributed by atoms with Crippen LogP contribution in [0.15, 0.2) is 54.9 Å². The lowest BCUT2D eigenvalue weighted by Gasteiger charge is -2.25. The summed E-state index contributed by atoms with van der Waals surface area (Å²) >= 11 is 0. The summed E-state index contributed by atoms with van der Waals surface area (Å²) < 4.78 is 82.6. The topological polar surface area (TPSA) is 61.2 Å². The number of aromatic nitrogens is 3. The standard InChI is InChI=1S/C27H29F6N7/c1-38(2)11-12-39(3)23-10-9-17(13-21(23)35-16-26(28,29)30)36-25-34-14-20(27(31,32)33)24(37-25)19-15-40(4)22-8-6-5-7-18(19)22/h5-10,13-15,35H,11-12,16H2,1-4H3,(H,34,36,37). The first kappa shape index (κ1) is 29.0. The van der Waals surface area contributed by atoms with E-state index in [2.05, 4.69) is 20.6 Å². The summed E-state index contributed by atoms with van der Waals surface area (Å²) in [4.78, 5) is 11.9. The molecule has 2 N–H and O–H groups in total. The van der Waals surface area contributed by atoms with Crippen molar-refractivity contribution in [3.63, 3.8) is 0 Å². The maximum absolute atomic E-state index is 14.0. The van der Waals surface area contributed by atoms with E-state index in [1.807, 2.05) is 23.9 Å². The van der Waals surface area contributed by atoms with Gasteiger partial charge in [0, 0.05) is 61.7 Å². The Bertz CT molecular complexity index is 1480. The number of fused-ring (bicyclic) bond motifs is 1. The fourth-order valence-corrected chi connectivity index (χ4v) is 4.27. The predicted octanol–water partition coefficient (Wildman–Crippen LogP) is 6.37. The molecule has 2 aromatic heterocycles. The maximum Gasteiger partial charge on any atom is 0.419 e. The van der Waals surface area contributed by atoms with Gasteiger partial charge in [-0.3, -0.25) is 0 Å². The van der Waals surface area contributed by atoms with Gasteiger partial charge in [-0.1, -0.05) is 18.2 Å². The minimum atomic E-state index is -4.71. The lowest BCUT2D eigenvalue weighted by atomic mass is 10.1. The molecular weight excluding hydrogens is 536 g/mol. The molecule has 0 bridgehead atoms. The zero-order valence-electron chi connectivity index (χ0n) is 22.3. The number of anilines is 4. The first-order chi connectivity index (χ1) is 18.7. The summed E-state index contributed by atoms with van der Waals surface area (Å²) in [6.07, 6.45) is -6.88. The fraction of sp³-hybridized carbons (Fsp3) is 0.333. The number of rotatable bonds is 9. The molecule has 2 heterocycles. The molecule has 7 nitrogen and oxygen atoms in total. The van der Waals surface area contributed by atoms with Gasteiger partial charge in [0.1, 0.15) is 12.1 Å². The van der Waals surface area contributed by atoms with Crippen molar-refractivity contribution in [2.75, 3.05) is 56.3 Å². The van der Waals surface area contributed by atoms with Gasteiger partial charge in [-0.2, -0.15) is 26.3 Å². The number of para-hydroxylation sites is 1. The van der Waals surface area contributed by atoms with E-state index in [1.54, 1.807) is 61.3 Å². The second-order valence-electron chi connectivity index (χ2n) is 9.67. The van der Waals surface area contributed by atoms with Gasteiger partial charge in [-0.15, -0.1) is 0 Å². The van der Waals surface area contributed by atoms with E-state index in [-0.39, 0.29) is 22.9 Å². The number of halogens is 6. The van der Waals surface area contributed by atoms with Crippen molar-refractivity contribution in [1.29, 1.82) is 0 Å². The molecular formula is C27H29F6N7. The van der Waals surface area contributed by atoms with Crippen molar-refractivity contribution in [3.05, 3.63) is 60.4 Å². The minimum Gasteiger partial charge on any atom is -0.375 e. The molecule has 214 valence electrons. The van der Waals surface area contributed by atoms with Gasteiger partial charge in [-0.05, 0) is 38.4 Å². The lowest BCUT2D eigenvalue weighted by molar-refractivity contribution is -0.137. The molecule has 0 aliphatic heterocycles. The first-order valence-corrected chi connectivity index (χ1v) is 12.3. The van der Waals surface area contributed by atoms with Gasteiger partial charge in [0.2, 0.25) is 5.95 Å². The summed E-state index contributed by atoms with van der Waals surface area (Å²) in [6.45, 7) is -0.0323. The average molecular weight is 566 g/mol. The van der Waals surface area contributed by atoms with Crippen LogP contribution in [0.25, 0.3) is 22.2 Å². The quantitative estimate of drug-likeness (QED) is 0.230. The van der Waals surface area contributed by atoms with Crippen LogP contribution in [-0.4, -0.2) is 66.4 Å². The first-order valence-electron chi connectivity index (χ1n) is 12.3. The molecule has 0 unspecified atom stereocenters. The SMILES string of the molecule is CN(C)CCN(C)c1ccc(Nc2ncc(C(F)(F)F)c(-c3cn(C)c4ccccc34)n2)cc1NCC(F)(F)F. The molecule has 4 rings (SSSR count). The second-order valence-corrected chi connectivity index (χ2v) is 9.67. The molecule has 2 aromatic carbocycles. The van der Waals surface area contributed by atoms with Crippen molar-refractivity contribution >= 4 is 33.9 Å². The van der Waals surface area contributed by atoms with E-state index in [1.165, 1.54) is 6.07 Å². The van der Waals surface area contributed by atoms with E-state index < -0.39 is 24.5 Å². The van der Waals surface area contributed by atoms with Gasteiger partial charge in [-0.25, -0.2) is 9.97 Å². The van der Waals surface area contributed by atoms with Gasteiger partial charge in [0.25, 0.3) is 0 Å². The van der Waals surface area contributed by atoms with Crippen LogP contribution in [-0.2, 0) is 13.2 Å². The van der Waals surface area contributed by atoms with Gasteiger partial charge in [0.05, 0.1) is 17.1 Å². The van der Waals surface area contributed by atoms with Gasteiger partial charge >= 0.3 is 12.4 Å². The summed E-state index contributed by atoms with van der Waals surface area (Å²) in [6, 6.07) is 11.7. The van der Waals surface area contributed by atoms with Gasteiger partial charge < -0.3 is 25.0 Å². The number of alkyl halides is 6. The number of hydrogen-bond donors (Lipinski definition) is 2. The molecule has 0 spiro atoms. The Morgan fingerprint density at radius 2 is 1.68 bits per heavy atom. The Morgan fingerprint density at radius 3 is 2.35 bits per heavy atom. The summed E-state index contributed by atoms with van der Waals surface area (Å²) in [5.74, 6) is -0.133. The summed E-state index contributed by atoms with van der Waals surface area (Å²) in [5, 5.41) is 5.87. The lowest BCUT2D eigenvalue weighted by Crippen LogP contribution is -2.29. The molecule has 40 heavy (non-hydrogen) atoms. The smallest absolute Gasteiger partial charge is 0.375 e. The Morgan fingerprint density at radius 1 is 0.950 bits per heavy atom. The third kappa shape index (κ3) is 6.76. The predicted molar refractivity (Wildman–Crippen MR) is 145 cm³/mol. The summed E-state index contributed by atoms with van der Waals surface area (Å²) in [5.41, 5.74) is 0.732. The molecule has 0 saturated heterocycles. The Hall–Kier alpha value is -4.00. The molecule has 0 radical (unpaired) electrons. The highest BCUT2D eigenvalue weighted by atomic mass is 19.4. The fourth-order valence-electron chi connectivity index (χ4n) is 4.27. The van der Waals surface area contributed by atoms with Crippen molar-refractivity contribution < 1.29 is 26.3 Å². The summed E-state index contributed by atoms with van der Waals surface area (Å²) in [7, 11) is 7.27. The van der Waals surface area contributed by atoms with Crippen molar-refractivity contribution in [2.24, 2.45) is 7.05 Å². The second kappa shape index (κ2) is 11.2. The van der Waals surface area contributed by atoms with E-state index in [9.17, 15) is 26.3 Å². The largest absolute Gasteiger partial charge is 0.419 e. The van der Waals surface area contributed by atoms with Crippen LogP contribution in [0.3, 0.4) is 0 Å². The molecule has 13 heteroatoms. The Labute approximate surface area is 227 Å². The molecule has 0 atom stereocenters. The van der Waals surface area contributed by atoms with Crippen LogP contribution in [0.2, 0.25) is 0 Å². The van der Waals surface area contributed by atoms with E-state index in [0.717, 1.165) is 5.52 Å². The third-order valence-electron chi connectivity index (χ3n) is 6.27. The molecule has 0 aliphatic carbocycles. The number of likely N-dealkylation sites (N-methyl/N-ethyl adjacent to an activating group) is 2. The van der Waals surface area contributed by atoms with Gasteiger partial charge in [0.15, 0.2) is 0 Å². The minimum absolute atomic E-state index is 0.133. The van der Waals surface area contributed by atoms with Crippen molar-refractivity contribution in [3.8, 4) is 11.3 Å². The Kier molecular flexibility index (Phi) is 8.15. The zero-order chi connectivity index (χ0) is 29.2. The van der Waals surface area contributed by atoms with Crippen molar-refractivity contribution in [2.45, 2.75) is 12.4 Å². The molecule has 0 amide bonds. The van der Waals surface area contributed by atoms with Crippen LogP contribution in [0.5, 0.6) is 0 Å². The monoisotopic (exact) mass is 565 g/mol. The number of aryl methyl sites for hydroxylation is 1. The maximum atomic E-state index is 14.0. The number of nitrogens with one attached hydrogen (secondary N) is 2. The molecule has 0 fully saturated rings. The van der Waals surface area contributed by atoms with E-state index >= 15 is 0 Å². The molecule has 4 aromatic rings. The highest BCUT2D eigenvalue weighted by Gasteiger charge is 2.36. The van der Waals surface area contributed by atoms with E-state index in [4.69, 9.17) is 0 Å². The Balaban J connectivity index is 1.72. The van der Waals surface area contributed by atoms with Crippen LogP contribution >= 0.6 is 0 Å². The highest BCUT2D eigenvalue weighted by molar-refractivity contribution is 5.96. The molecule has 0 saturated carbocycles. The average Bonchev–Trinajstić information content (AvgIpc) is 3.21. The number of benzene rings is 2. The van der Waals surface area contributed by atoms with Crippen LogP contribution < -0.4 is 15.5 Å². The normalized spacial score (nSPS) is 12.3. The zero-order valence-corrected chi connectivity index (χ0v) is 22.3. The van der Waals surface area contributed by atoms with Crippen molar-refractivity contribution in [1.82, 2.24) is 19.4 Å². The number of nitrogens with zero attached hydrogens (tertiary/aromatic N) is 5. The van der Waals surface area contributed by atoms with Crippen LogP contribution in [0.4, 0.5) is 49.4 Å². The van der Waals surface area contributed by atoms with Crippen LogP contribution in [0, 0.1) is 0 Å². The van der Waals surface area contributed by atoms with E-state index in [0.29, 0.717) is 36.0 Å².